The van der Waals surface area contributed by atoms with E-state index in [9.17, 15) is 9.59 Å². The number of nitrogens with zero attached hydrogens (tertiary/aromatic N) is 1. The van der Waals surface area contributed by atoms with Crippen molar-refractivity contribution in [3.05, 3.63) is 32.4 Å². The van der Waals surface area contributed by atoms with Crippen LogP contribution in [0, 0.1) is 11.8 Å². The largest absolute Gasteiger partial charge is 0.465 e. The fourth-order valence-electron chi connectivity index (χ4n) is 2.77. The van der Waals surface area contributed by atoms with Gasteiger partial charge in [0, 0.05) is 6.07 Å². The first-order valence-electron chi connectivity index (χ1n) is 8.73. The van der Waals surface area contributed by atoms with Crippen LogP contribution in [0.15, 0.2) is 20.1 Å². The average molecular weight is 332 g/mol. The van der Waals surface area contributed by atoms with E-state index in [0.29, 0.717) is 29.9 Å². The lowest BCUT2D eigenvalue weighted by molar-refractivity contribution is 0.267. The van der Waals surface area contributed by atoms with Gasteiger partial charge in [0.1, 0.15) is 5.39 Å². The molecule has 2 heterocycles. The molecule has 2 aromatic rings. The van der Waals surface area contributed by atoms with Gasteiger partial charge in [0.25, 0.3) is 11.6 Å². The van der Waals surface area contributed by atoms with E-state index < -0.39 is 5.63 Å². The van der Waals surface area contributed by atoms with Crippen molar-refractivity contribution in [2.75, 3.05) is 6.61 Å². The van der Waals surface area contributed by atoms with Gasteiger partial charge in [-0.3, -0.25) is 9.78 Å². The Bertz CT molecular complexity index is 818. The highest BCUT2D eigenvalue weighted by Crippen LogP contribution is 2.34. The third kappa shape index (κ3) is 4.24. The predicted octanol–water partition coefficient (Wildman–Crippen LogP) is 3.03. The van der Waals surface area contributed by atoms with E-state index in [0.717, 1.165) is 25.2 Å². The van der Waals surface area contributed by atoms with Crippen LogP contribution >= 0.6 is 0 Å². The highest BCUT2D eigenvalue weighted by molar-refractivity contribution is 5.75. The lowest BCUT2D eigenvalue weighted by atomic mass is 10.1. The first-order valence-corrected chi connectivity index (χ1v) is 8.73. The van der Waals surface area contributed by atoms with E-state index in [1.807, 2.05) is 0 Å². The molecule has 0 atom stereocenters. The summed E-state index contributed by atoms with van der Waals surface area (Å²) in [6.45, 7) is 4.64. The number of hydrogen-bond acceptors (Lipinski definition) is 5. The van der Waals surface area contributed by atoms with Crippen molar-refractivity contribution in [3.63, 3.8) is 0 Å². The monoisotopic (exact) mass is 332 g/mol. The van der Waals surface area contributed by atoms with Gasteiger partial charge in [-0.2, -0.15) is 4.98 Å². The summed E-state index contributed by atoms with van der Waals surface area (Å²) >= 11 is 0. The van der Waals surface area contributed by atoms with Crippen molar-refractivity contribution in [1.29, 1.82) is 0 Å². The minimum absolute atomic E-state index is 0.0622. The Kier molecular flexibility index (Phi) is 5.02. The number of H-pyrrole nitrogens is 1. The Hall–Kier alpha value is -2.11. The third-order valence-corrected chi connectivity index (χ3v) is 4.36. The normalized spacial score (nSPS) is 14.5. The molecule has 0 aliphatic heterocycles. The van der Waals surface area contributed by atoms with Crippen molar-refractivity contribution >= 4 is 11.1 Å². The van der Waals surface area contributed by atoms with Crippen LogP contribution in [0.3, 0.4) is 0 Å². The zero-order valence-corrected chi connectivity index (χ0v) is 14.3. The molecule has 24 heavy (non-hydrogen) atoms. The maximum Gasteiger partial charge on any atom is 0.337 e. The Morgan fingerprint density at radius 3 is 2.88 bits per heavy atom. The zero-order chi connectivity index (χ0) is 17.1. The first kappa shape index (κ1) is 16.7. The van der Waals surface area contributed by atoms with Crippen LogP contribution in [0.25, 0.3) is 11.1 Å². The average Bonchev–Trinajstić information content (AvgIpc) is 3.30. The molecule has 0 aromatic carbocycles. The van der Waals surface area contributed by atoms with Gasteiger partial charge in [-0.1, -0.05) is 33.1 Å². The Morgan fingerprint density at radius 1 is 1.38 bits per heavy atom. The molecule has 6 nitrogen and oxygen atoms in total. The molecule has 0 saturated heterocycles. The van der Waals surface area contributed by atoms with E-state index in [-0.39, 0.29) is 17.3 Å². The molecule has 1 aliphatic rings. The van der Waals surface area contributed by atoms with E-state index in [1.165, 1.54) is 18.9 Å². The summed E-state index contributed by atoms with van der Waals surface area (Å²) in [5, 5.41) is 0.363. The van der Waals surface area contributed by atoms with Gasteiger partial charge in [0.2, 0.25) is 5.71 Å². The molecular formula is C18H24N2O4. The number of aromatic amines is 1. The second-order valence-electron chi connectivity index (χ2n) is 7.01. The van der Waals surface area contributed by atoms with E-state index in [2.05, 4.69) is 23.8 Å². The van der Waals surface area contributed by atoms with Gasteiger partial charge >= 0.3 is 5.63 Å². The van der Waals surface area contributed by atoms with Crippen molar-refractivity contribution in [2.24, 2.45) is 11.8 Å². The topological polar surface area (TPSA) is 85.2 Å². The Morgan fingerprint density at radius 2 is 2.17 bits per heavy atom. The lowest BCUT2D eigenvalue weighted by Gasteiger charge is -2.08. The van der Waals surface area contributed by atoms with Crippen LogP contribution in [-0.2, 0) is 6.42 Å². The van der Waals surface area contributed by atoms with Gasteiger partial charge < -0.3 is 9.15 Å². The number of nitrogens with one attached hydrogen (secondary N) is 1. The first-order chi connectivity index (χ1) is 11.5. The van der Waals surface area contributed by atoms with Crippen LogP contribution in [0.2, 0.25) is 0 Å². The molecule has 0 bridgehead atoms. The number of ether oxygens (including phenoxy) is 1. The van der Waals surface area contributed by atoms with Crippen molar-refractivity contribution in [1.82, 2.24) is 9.97 Å². The number of aromatic nitrogens is 2. The lowest BCUT2D eigenvalue weighted by Crippen LogP contribution is -2.16. The maximum atomic E-state index is 12.4. The van der Waals surface area contributed by atoms with Gasteiger partial charge in [-0.15, -0.1) is 0 Å². The number of aryl methyl sites for hydroxylation is 1. The number of fused-ring (bicyclic) bond motifs is 1. The van der Waals surface area contributed by atoms with Crippen LogP contribution in [-0.4, -0.2) is 16.6 Å². The minimum Gasteiger partial charge on any atom is -0.465 e. The van der Waals surface area contributed by atoms with Crippen LogP contribution in [0.4, 0.5) is 0 Å². The molecule has 1 fully saturated rings. The summed E-state index contributed by atoms with van der Waals surface area (Å²) in [5.41, 5.74) is -0.0172. The molecule has 1 aliphatic carbocycles. The van der Waals surface area contributed by atoms with Crippen LogP contribution < -0.4 is 15.9 Å². The predicted molar refractivity (Wildman–Crippen MR) is 91.5 cm³/mol. The molecule has 0 amide bonds. The summed E-state index contributed by atoms with van der Waals surface area (Å²) < 4.78 is 10.6. The molecule has 1 saturated carbocycles. The van der Waals surface area contributed by atoms with Gasteiger partial charge in [0.15, 0.2) is 0 Å². The van der Waals surface area contributed by atoms with Gasteiger partial charge in [-0.05, 0) is 36.7 Å². The van der Waals surface area contributed by atoms with Gasteiger partial charge in [-0.25, -0.2) is 4.79 Å². The second kappa shape index (κ2) is 7.20. The summed E-state index contributed by atoms with van der Waals surface area (Å²) in [6, 6.07) is 1.51. The Balaban J connectivity index is 1.83. The second-order valence-corrected chi connectivity index (χ2v) is 7.01. The maximum absolute atomic E-state index is 12.4. The molecule has 0 radical (unpaired) electrons. The smallest absolute Gasteiger partial charge is 0.337 e. The summed E-state index contributed by atoms with van der Waals surface area (Å²) in [4.78, 5) is 31.0. The zero-order valence-electron chi connectivity index (χ0n) is 14.3. The molecular weight excluding hydrogens is 308 g/mol. The highest BCUT2D eigenvalue weighted by atomic mass is 16.5. The van der Waals surface area contributed by atoms with Crippen molar-refractivity contribution in [2.45, 2.75) is 52.4 Å². The highest BCUT2D eigenvalue weighted by Gasteiger charge is 2.21. The third-order valence-electron chi connectivity index (χ3n) is 4.36. The van der Waals surface area contributed by atoms with E-state index in [1.54, 1.807) is 0 Å². The number of rotatable bonds is 8. The molecule has 130 valence electrons. The molecule has 0 spiro atoms. The number of hydrogen-bond donors (Lipinski definition) is 1. The van der Waals surface area contributed by atoms with Crippen LogP contribution in [0.5, 0.6) is 6.01 Å². The molecule has 3 rings (SSSR count). The minimum atomic E-state index is -0.477. The summed E-state index contributed by atoms with van der Waals surface area (Å²) in [7, 11) is 0. The standard InChI is InChI=1S/C18H24N2O4/c1-11(2)8-9-23-18-19-16(22)15-13(5-3-4-12-6-7-12)10-14(21)24-17(15)20-18/h10-12H,3-9H2,1-2H3,(H,19,20,22). The Labute approximate surface area is 140 Å². The van der Waals surface area contributed by atoms with Crippen molar-refractivity contribution in [3.8, 4) is 6.01 Å². The summed E-state index contributed by atoms with van der Waals surface area (Å²) in [6.07, 6.45) is 6.26. The van der Waals surface area contributed by atoms with Gasteiger partial charge in [0.05, 0.1) is 6.61 Å². The molecule has 0 unspecified atom stereocenters. The molecule has 6 heteroatoms. The molecule has 2 aromatic heterocycles. The van der Waals surface area contributed by atoms with Crippen molar-refractivity contribution < 1.29 is 9.15 Å². The fraction of sp³-hybridized carbons (Fsp3) is 0.611. The molecule has 1 N–H and O–H groups in total. The summed E-state index contributed by atoms with van der Waals surface area (Å²) in [5.74, 6) is 1.32. The van der Waals surface area contributed by atoms with Crippen LogP contribution in [0.1, 0.15) is 51.5 Å². The van der Waals surface area contributed by atoms with E-state index in [4.69, 9.17) is 9.15 Å². The van der Waals surface area contributed by atoms with E-state index >= 15 is 0 Å². The fourth-order valence-corrected chi connectivity index (χ4v) is 2.77. The quantitative estimate of drug-likeness (QED) is 0.803. The SMILES string of the molecule is CC(C)CCOc1nc2oc(=O)cc(CCCC3CC3)c2c(=O)[nH]1.